The summed E-state index contributed by atoms with van der Waals surface area (Å²) < 4.78 is -0.0103. The molecule has 3 rings (SSSR count). The lowest BCUT2D eigenvalue weighted by molar-refractivity contribution is 0.845. The Morgan fingerprint density at radius 2 is 1.33 bits per heavy atom. The molecule has 0 amide bonds. The van der Waals surface area contributed by atoms with Gasteiger partial charge in [-0.25, -0.2) is 0 Å². The molecule has 1 atom stereocenters. The van der Waals surface area contributed by atoms with Crippen LogP contribution in [-0.2, 0) is 5.41 Å². The maximum Gasteiger partial charge on any atom is 0.0955 e. The Labute approximate surface area is 125 Å². The van der Waals surface area contributed by atoms with E-state index in [-0.39, 0.29) is 8.65 Å². The molecule has 2 aromatic rings. The van der Waals surface area contributed by atoms with Crippen LogP contribution in [0.5, 0.6) is 0 Å². The van der Waals surface area contributed by atoms with Gasteiger partial charge >= 0.3 is 0 Å². The van der Waals surface area contributed by atoms with Crippen LogP contribution < -0.4 is 0 Å². The molecule has 1 aliphatic carbocycles. The molecule has 0 spiro atoms. The van der Waals surface area contributed by atoms with E-state index in [9.17, 15) is 0 Å². The number of benzene rings is 2. The van der Waals surface area contributed by atoms with Crippen LogP contribution in [0.3, 0.4) is 0 Å². The van der Waals surface area contributed by atoms with Gasteiger partial charge in [-0.1, -0.05) is 92.0 Å². The lowest BCUT2D eigenvalue weighted by Crippen LogP contribution is -2.16. The first-order valence-corrected chi connectivity index (χ1v) is 7.65. The molecule has 0 nitrogen and oxygen atoms in total. The molecular weight excluding hydrogens is 352 g/mol. The summed E-state index contributed by atoms with van der Waals surface area (Å²) in [5, 5.41) is 0. The quantitative estimate of drug-likeness (QED) is 0.644. The van der Waals surface area contributed by atoms with Crippen molar-refractivity contribution in [1.29, 1.82) is 0 Å². The minimum absolute atomic E-state index is 0.0103. The van der Waals surface area contributed by atoms with Crippen LogP contribution in [0.2, 0.25) is 0 Å². The summed E-state index contributed by atoms with van der Waals surface area (Å²) in [5.74, 6) is 0. The van der Waals surface area contributed by atoms with Gasteiger partial charge in [-0.2, -0.15) is 0 Å². The Hall–Kier alpha value is -0.600. The Bertz CT molecular complexity index is 557. The molecule has 1 aliphatic rings. The maximum atomic E-state index is 3.82. The second kappa shape index (κ2) is 4.21. The molecule has 1 saturated carbocycles. The summed E-state index contributed by atoms with van der Waals surface area (Å²) in [6.45, 7) is 2.13. The van der Waals surface area contributed by atoms with Crippen molar-refractivity contribution in [3.8, 4) is 0 Å². The normalized spacial score (nSPS) is 24.8. The van der Waals surface area contributed by atoms with Gasteiger partial charge in [0.2, 0.25) is 0 Å². The Kier molecular flexibility index (Phi) is 2.91. The van der Waals surface area contributed by atoms with Crippen LogP contribution in [0.25, 0.3) is 0 Å². The van der Waals surface area contributed by atoms with Gasteiger partial charge in [-0.15, -0.1) is 0 Å². The fourth-order valence-corrected chi connectivity index (χ4v) is 4.40. The van der Waals surface area contributed by atoms with Gasteiger partial charge in [-0.05, 0) is 24.5 Å². The second-order valence-corrected chi connectivity index (χ2v) is 8.79. The molecule has 0 heterocycles. The molecule has 0 radical (unpaired) electrons. The van der Waals surface area contributed by atoms with Crippen LogP contribution in [0, 0.1) is 6.92 Å². The minimum Gasteiger partial charge on any atom is -0.0713 e. The predicted molar refractivity (Wildman–Crippen MR) is 83.6 cm³/mol. The van der Waals surface area contributed by atoms with E-state index in [0.29, 0.717) is 0 Å². The van der Waals surface area contributed by atoms with Gasteiger partial charge in [0.15, 0.2) is 0 Å². The summed E-state index contributed by atoms with van der Waals surface area (Å²) in [6.07, 6.45) is 1.08. The molecule has 2 heteroatoms. The molecule has 0 N–H and O–H groups in total. The van der Waals surface area contributed by atoms with Crippen LogP contribution in [0.15, 0.2) is 54.6 Å². The van der Waals surface area contributed by atoms with E-state index in [1.54, 1.807) is 0 Å². The van der Waals surface area contributed by atoms with Crippen molar-refractivity contribution in [3.63, 3.8) is 0 Å². The number of hydrogen-bond donors (Lipinski definition) is 0. The molecule has 0 aromatic heterocycles. The van der Waals surface area contributed by atoms with Crippen LogP contribution in [0.1, 0.15) is 23.1 Å². The van der Waals surface area contributed by atoms with Gasteiger partial charge in [0, 0.05) is 5.41 Å². The molecule has 1 unspecified atom stereocenters. The van der Waals surface area contributed by atoms with Crippen molar-refractivity contribution in [2.45, 2.75) is 22.0 Å². The van der Waals surface area contributed by atoms with Crippen molar-refractivity contribution in [2.24, 2.45) is 0 Å². The summed E-state index contributed by atoms with van der Waals surface area (Å²) in [6, 6.07) is 19.6. The van der Waals surface area contributed by atoms with Gasteiger partial charge < -0.3 is 0 Å². The van der Waals surface area contributed by atoms with E-state index in [2.05, 4.69) is 93.4 Å². The highest BCUT2D eigenvalue weighted by Crippen LogP contribution is 2.70. The zero-order valence-corrected chi connectivity index (χ0v) is 13.3. The SMILES string of the molecule is Cc1ccc(C2(c3ccccc3)CC2(Br)Br)cc1. The molecular formula is C16H14Br2. The Morgan fingerprint density at radius 3 is 1.83 bits per heavy atom. The second-order valence-electron chi connectivity index (χ2n) is 5.02. The van der Waals surface area contributed by atoms with E-state index in [0.717, 1.165) is 6.42 Å². The highest BCUT2D eigenvalue weighted by atomic mass is 79.9. The average molecular weight is 366 g/mol. The van der Waals surface area contributed by atoms with Crippen molar-refractivity contribution < 1.29 is 0 Å². The molecule has 0 saturated heterocycles. The fraction of sp³-hybridized carbons (Fsp3) is 0.250. The molecule has 18 heavy (non-hydrogen) atoms. The van der Waals surface area contributed by atoms with Crippen molar-refractivity contribution >= 4 is 31.9 Å². The first kappa shape index (κ1) is 12.4. The molecule has 92 valence electrons. The molecule has 1 fully saturated rings. The molecule has 2 aromatic carbocycles. The number of aryl methyl sites for hydroxylation is 1. The number of halogens is 2. The molecule has 0 aliphatic heterocycles. The third-order valence-corrected chi connectivity index (χ3v) is 5.71. The first-order valence-electron chi connectivity index (χ1n) is 6.07. The highest BCUT2D eigenvalue weighted by molar-refractivity contribution is 9.25. The Balaban J connectivity index is 2.13. The standard InChI is InChI=1S/C16H14Br2/c1-12-7-9-14(10-8-12)15(11-16(15,17)18)13-5-3-2-4-6-13/h2-10H,11H2,1H3. The Morgan fingerprint density at radius 1 is 0.833 bits per heavy atom. The largest absolute Gasteiger partial charge is 0.0955 e. The first-order chi connectivity index (χ1) is 8.56. The van der Waals surface area contributed by atoms with Crippen LogP contribution in [0.4, 0.5) is 0 Å². The van der Waals surface area contributed by atoms with Gasteiger partial charge in [0.1, 0.15) is 0 Å². The summed E-state index contributed by atoms with van der Waals surface area (Å²) >= 11 is 7.64. The van der Waals surface area contributed by atoms with Crippen molar-refractivity contribution in [3.05, 3.63) is 71.3 Å². The smallest absolute Gasteiger partial charge is 0.0713 e. The van der Waals surface area contributed by atoms with E-state index < -0.39 is 0 Å². The zero-order chi connectivity index (χ0) is 12.8. The van der Waals surface area contributed by atoms with Gasteiger partial charge in [0.25, 0.3) is 0 Å². The van der Waals surface area contributed by atoms with Crippen molar-refractivity contribution in [1.82, 2.24) is 0 Å². The summed E-state index contributed by atoms with van der Waals surface area (Å²) in [7, 11) is 0. The van der Waals surface area contributed by atoms with Crippen LogP contribution in [-0.4, -0.2) is 3.23 Å². The maximum absolute atomic E-state index is 3.82. The van der Waals surface area contributed by atoms with E-state index in [1.807, 2.05) is 0 Å². The monoisotopic (exact) mass is 364 g/mol. The van der Waals surface area contributed by atoms with Crippen molar-refractivity contribution in [2.75, 3.05) is 0 Å². The minimum atomic E-state index is -0.0103. The van der Waals surface area contributed by atoms with Gasteiger partial charge in [-0.3, -0.25) is 0 Å². The zero-order valence-electron chi connectivity index (χ0n) is 10.2. The summed E-state index contributed by atoms with van der Waals surface area (Å²) in [4.78, 5) is 0. The van der Waals surface area contributed by atoms with Crippen LogP contribution >= 0.6 is 31.9 Å². The predicted octanol–water partition coefficient (Wildman–Crippen LogP) is 5.17. The van der Waals surface area contributed by atoms with E-state index >= 15 is 0 Å². The number of hydrogen-bond acceptors (Lipinski definition) is 0. The van der Waals surface area contributed by atoms with E-state index in [1.165, 1.54) is 16.7 Å². The fourth-order valence-electron chi connectivity index (χ4n) is 2.64. The topological polar surface area (TPSA) is 0 Å². The third-order valence-electron chi connectivity index (χ3n) is 3.80. The lowest BCUT2D eigenvalue weighted by atomic mass is 9.88. The summed E-state index contributed by atoms with van der Waals surface area (Å²) in [5.41, 5.74) is 4.09. The number of alkyl halides is 2. The molecule has 0 bridgehead atoms. The number of rotatable bonds is 2. The van der Waals surface area contributed by atoms with Gasteiger partial charge in [0.05, 0.1) is 3.23 Å². The third kappa shape index (κ3) is 1.78. The lowest BCUT2D eigenvalue weighted by Gasteiger charge is -2.20. The average Bonchev–Trinajstić information content (AvgIpc) is 2.96. The highest BCUT2D eigenvalue weighted by Gasteiger charge is 2.66. The van der Waals surface area contributed by atoms with E-state index in [4.69, 9.17) is 0 Å².